The van der Waals surface area contributed by atoms with Crippen molar-refractivity contribution in [1.29, 1.82) is 0 Å². The molecule has 0 bridgehead atoms. The molecule has 0 aromatic rings. The van der Waals surface area contributed by atoms with E-state index in [4.69, 9.17) is 0 Å². The highest BCUT2D eigenvalue weighted by Crippen LogP contribution is 2.37. The first-order valence-corrected chi connectivity index (χ1v) is 18.2. The van der Waals surface area contributed by atoms with Crippen LogP contribution in [0.2, 0.25) is 12.6 Å². The Bertz CT molecular complexity index is 590. The summed E-state index contributed by atoms with van der Waals surface area (Å²) in [5.74, 6) is 0. The molecule has 0 aromatic carbocycles. The second kappa shape index (κ2) is 19.4. The van der Waals surface area contributed by atoms with Crippen molar-refractivity contribution in [3.05, 3.63) is 46.8 Å². The van der Waals surface area contributed by atoms with Crippen LogP contribution in [-0.4, -0.2) is 8.07 Å². The molecule has 0 saturated heterocycles. The molecule has 194 valence electrons. The van der Waals surface area contributed by atoms with Gasteiger partial charge in [-0.3, -0.25) is 0 Å². The monoisotopic (exact) mass is 482 g/mol. The normalized spacial score (nSPS) is 15.4. The third kappa shape index (κ3) is 12.2. The van der Waals surface area contributed by atoms with Crippen LogP contribution in [0.25, 0.3) is 0 Å². The Morgan fingerprint density at radius 3 is 1.12 bits per heavy atom. The summed E-state index contributed by atoms with van der Waals surface area (Å²) in [6, 6.07) is 1.47. The summed E-state index contributed by atoms with van der Waals surface area (Å²) in [4.78, 5) is 0. The van der Waals surface area contributed by atoms with Gasteiger partial charge in [0.1, 0.15) is 8.07 Å². The summed E-state index contributed by atoms with van der Waals surface area (Å²) in [6.45, 7) is 4.94. The second-order valence-corrected chi connectivity index (χ2v) is 15.9. The van der Waals surface area contributed by atoms with Crippen LogP contribution in [0, 0.1) is 0 Å². The van der Waals surface area contributed by atoms with E-state index in [-0.39, 0.29) is 0 Å². The molecular formula is C33H58Si. The lowest BCUT2D eigenvalue weighted by Crippen LogP contribution is -2.35. The Hall–Kier alpha value is -0.823. The minimum absolute atomic E-state index is 1.22. The van der Waals surface area contributed by atoms with E-state index in [1.54, 1.807) is 10.4 Å². The van der Waals surface area contributed by atoms with Gasteiger partial charge in [-0.2, -0.15) is 0 Å². The summed E-state index contributed by atoms with van der Waals surface area (Å²) in [6.07, 6.45) is 46.0. The third-order valence-electron chi connectivity index (χ3n) is 8.49. The summed E-state index contributed by atoms with van der Waals surface area (Å²) < 4.78 is 0. The Morgan fingerprint density at radius 2 is 0.824 bits per heavy atom. The fraction of sp³-hybridized carbons (Fsp3) is 0.758. The van der Waals surface area contributed by atoms with Crippen LogP contribution in [0.4, 0.5) is 0 Å². The van der Waals surface area contributed by atoms with Gasteiger partial charge in [0, 0.05) is 0 Å². The fourth-order valence-electron chi connectivity index (χ4n) is 5.97. The summed E-state index contributed by atoms with van der Waals surface area (Å²) >= 11 is 0. The molecule has 1 heteroatoms. The van der Waals surface area contributed by atoms with E-state index in [0.717, 1.165) is 0 Å². The first kappa shape index (κ1) is 29.4. The molecule has 2 rings (SSSR count). The van der Waals surface area contributed by atoms with E-state index in [0.29, 0.717) is 0 Å². The molecule has 0 N–H and O–H groups in total. The van der Waals surface area contributed by atoms with Crippen molar-refractivity contribution < 1.29 is 0 Å². The molecular weight excluding hydrogens is 424 g/mol. The maximum absolute atomic E-state index is 2.64. The van der Waals surface area contributed by atoms with Crippen LogP contribution in [0.3, 0.4) is 0 Å². The van der Waals surface area contributed by atoms with E-state index < -0.39 is 8.07 Å². The van der Waals surface area contributed by atoms with Crippen LogP contribution < -0.4 is 0 Å². The minimum atomic E-state index is -1.40. The number of hydrogen-bond acceptors (Lipinski definition) is 0. The van der Waals surface area contributed by atoms with E-state index in [9.17, 15) is 0 Å². The SMILES string of the molecule is CCCCCCCCCCCCCCCCCCCCCC[Si](C)(C1=CC=CC1)C1=CC=CC1. The average molecular weight is 483 g/mol. The number of rotatable bonds is 23. The molecule has 0 heterocycles. The van der Waals surface area contributed by atoms with Crippen molar-refractivity contribution >= 4 is 8.07 Å². The Kier molecular flexibility index (Phi) is 16.8. The van der Waals surface area contributed by atoms with E-state index in [1.165, 1.54) is 147 Å². The quantitative estimate of drug-likeness (QED) is 0.100. The zero-order valence-electron chi connectivity index (χ0n) is 23.2. The number of hydrogen-bond donors (Lipinski definition) is 0. The maximum atomic E-state index is 2.64. The molecule has 0 spiro atoms. The molecule has 2 aliphatic carbocycles. The molecule has 0 nitrogen and oxygen atoms in total. The number of allylic oxidation sites excluding steroid dienone is 8. The Balaban J connectivity index is 1.34. The molecule has 0 amide bonds. The molecule has 0 saturated carbocycles. The van der Waals surface area contributed by atoms with Crippen LogP contribution in [0.5, 0.6) is 0 Å². The highest BCUT2D eigenvalue weighted by atomic mass is 28.3. The number of unbranched alkanes of at least 4 members (excludes halogenated alkanes) is 19. The lowest BCUT2D eigenvalue weighted by Gasteiger charge is -2.31. The summed E-state index contributed by atoms with van der Waals surface area (Å²) in [5.41, 5.74) is 0. The van der Waals surface area contributed by atoms with Gasteiger partial charge >= 0.3 is 0 Å². The van der Waals surface area contributed by atoms with Gasteiger partial charge in [-0.1, -0.05) is 195 Å². The Morgan fingerprint density at radius 1 is 0.500 bits per heavy atom. The van der Waals surface area contributed by atoms with Crippen molar-refractivity contribution in [2.45, 2.75) is 161 Å². The van der Waals surface area contributed by atoms with E-state index >= 15 is 0 Å². The Labute approximate surface area is 215 Å². The summed E-state index contributed by atoms with van der Waals surface area (Å²) in [7, 11) is -1.40. The van der Waals surface area contributed by atoms with Crippen LogP contribution in [0.1, 0.15) is 148 Å². The lowest BCUT2D eigenvalue weighted by atomic mass is 10.0. The van der Waals surface area contributed by atoms with Gasteiger partial charge < -0.3 is 0 Å². The first-order valence-electron chi connectivity index (χ1n) is 15.5. The van der Waals surface area contributed by atoms with Crippen molar-refractivity contribution in [3.8, 4) is 0 Å². The molecule has 0 aliphatic heterocycles. The highest BCUT2D eigenvalue weighted by molar-refractivity contribution is 6.91. The van der Waals surface area contributed by atoms with Crippen molar-refractivity contribution in [1.82, 2.24) is 0 Å². The standard InChI is InChI=1S/C33H58Si/c1-3-4-5-6-7-8-9-10-11-12-13-14-15-16-17-18-19-20-21-26-31-34(2,32-27-22-23-28-32)33-29-24-25-30-33/h22-25,27,29H,3-21,26,28,30-31H2,1-2H3. The second-order valence-electron chi connectivity index (χ2n) is 11.4. The van der Waals surface area contributed by atoms with Gasteiger partial charge in [0.25, 0.3) is 0 Å². The van der Waals surface area contributed by atoms with E-state index in [1.807, 2.05) is 0 Å². The van der Waals surface area contributed by atoms with Crippen LogP contribution in [-0.2, 0) is 0 Å². The smallest absolute Gasteiger partial charge is 0.0809 e. The highest BCUT2D eigenvalue weighted by Gasteiger charge is 2.35. The van der Waals surface area contributed by atoms with Crippen molar-refractivity contribution in [2.75, 3.05) is 0 Å². The molecule has 34 heavy (non-hydrogen) atoms. The van der Waals surface area contributed by atoms with Gasteiger partial charge in [0.2, 0.25) is 0 Å². The third-order valence-corrected chi connectivity index (χ3v) is 13.4. The summed E-state index contributed by atoms with van der Waals surface area (Å²) in [5, 5.41) is 3.56. The van der Waals surface area contributed by atoms with Gasteiger partial charge in [0.15, 0.2) is 0 Å². The predicted molar refractivity (Wildman–Crippen MR) is 158 cm³/mol. The van der Waals surface area contributed by atoms with Crippen molar-refractivity contribution in [2.24, 2.45) is 0 Å². The first-order chi connectivity index (χ1) is 16.8. The average Bonchev–Trinajstić information content (AvgIpc) is 3.58. The molecule has 0 aromatic heterocycles. The molecule has 0 atom stereocenters. The van der Waals surface area contributed by atoms with Gasteiger partial charge in [-0.25, -0.2) is 0 Å². The molecule has 0 radical (unpaired) electrons. The zero-order valence-corrected chi connectivity index (χ0v) is 24.2. The zero-order chi connectivity index (χ0) is 24.2. The van der Waals surface area contributed by atoms with Crippen molar-refractivity contribution in [3.63, 3.8) is 0 Å². The molecule has 2 aliphatic rings. The minimum Gasteiger partial charge on any atom is -0.0809 e. The van der Waals surface area contributed by atoms with Crippen LogP contribution >= 0.6 is 0 Å². The lowest BCUT2D eigenvalue weighted by molar-refractivity contribution is 0.522. The maximum Gasteiger partial charge on any atom is 0.106 e. The van der Waals surface area contributed by atoms with E-state index in [2.05, 4.69) is 49.9 Å². The fourth-order valence-corrected chi connectivity index (χ4v) is 10.1. The molecule has 0 fully saturated rings. The van der Waals surface area contributed by atoms with Gasteiger partial charge in [-0.15, -0.1) is 0 Å². The predicted octanol–water partition coefficient (Wildman–Crippen LogP) is 11.7. The molecule has 0 unspecified atom stereocenters. The van der Waals surface area contributed by atoms with Gasteiger partial charge in [-0.05, 0) is 12.8 Å². The van der Waals surface area contributed by atoms with Crippen LogP contribution in [0.15, 0.2) is 46.8 Å². The largest absolute Gasteiger partial charge is 0.106 e. The topological polar surface area (TPSA) is 0 Å². The van der Waals surface area contributed by atoms with Gasteiger partial charge in [0.05, 0.1) is 0 Å².